The lowest BCUT2D eigenvalue weighted by atomic mass is 10.0. The number of amides is 2. The molecule has 2 aromatic carbocycles. The van der Waals surface area contributed by atoms with Crippen molar-refractivity contribution in [2.45, 2.75) is 32.0 Å². The highest BCUT2D eigenvalue weighted by atomic mass is 35.5. The van der Waals surface area contributed by atoms with Gasteiger partial charge in [-0.1, -0.05) is 17.7 Å². The molecule has 4 rings (SSSR count). The first-order chi connectivity index (χ1) is 14.8. The minimum absolute atomic E-state index is 0.170. The van der Waals surface area contributed by atoms with Gasteiger partial charge in [0, 0.05) is 22.7 Å². The number of aryl methyl sites for hydroxylation is 1. The normalized spacial score (nSPS) is 19.8. The van der Waals surface area contributed by atoms with Gasteiger partial charge in [0.05, 0.1) is 14.2 Å². The van der Waals surface area contributed by atoms with Crippen LogP contribution in [0.15, 0.2) is 30.3 Å². The van der Waals surface area contributed by atoms with Crippen molar-refractivity contribution in [1.29, 1.82) is 0 Å². The van der Waals surface area contributed by atoms with Crippen LogP contribution in [-0.4, -0.2) is 42.9 Å². The van der Waals surface area contributed by atoms with Crippen molar-refractivity contribution in [3.63, 3.8) is 0 Å². The van der Waals surface area contributed by atoms with Crippen LogP contribution in [0.4, 0.5) is 5.69 Å². The molecule has 162 valence electrons. The average molecular weight is 445 g/mol. The van der Waals surface area contributed by atoms with Crippen LogP contribution in [0.5, 0.6) is 11.5 Å². The van der Waals surface area contributed by atoms with Crippen LogP contribution in [0.25, 0.3) is 0 Å². The van der Waals surface area contributed by atoms with Crippen molar-refractivity contribution in [3.05, 3.63) is 52.0 Å². The highest BCUT2D eigenvalue weighted by molar-refractivity contribution is 6.31. The summed E-state index contributed by atoms with van der Waals surface area (Å²) in [6.07, 6.45) is -0.543. The third-order valence-corrected chi connectivity index (χ3v) is 5.77. The van der Waals surface area contributed by atoms with Gasteiger partial charge in [0.15, 0.2) is 11.5 Å². The Bertz CT molecular complexity index is 1090. The number of benzene rings is 2. The molecule has 1 N–H and O–H groups in total. The highest BCUT2D eigenvalue weighted by Gasteiger charge is 2.47. The Balaban J connectivity index is 1.66. The van der Waals surface area contributed by atoms with Crippen molar-refractivity contribution in [1.82, 2.24) is 4.90 Å². The molecule has 2 atom stereocenters. The van der Waals surface area contributed by atoms with E-state index < -0.39 is 18.2 Å². The Morgan fingerprint density at radius 1 is 1.19 bits per heavy atom. The maximum atomic E-state index is 13.1. The number of fused-ring (bicyclic) bond motifs is 1. The molecule has 2 aliphatic rings. The number of rotatable bonds is 5. The van der Waals surface area contributed by atoms with Gasteiger partial charge in [0.2, 0.25) is 18.0 Å². The van der Waals surface area contributed by atoms with E-state index in [0.29, 0.717) is 28.4 Å². The van der Waals surface area contributed by atoms with Crippen molar-refractivity contribution in [2.75, 3.05) is 19.5 Å². The molecule has 2 amide bonds. The second-order valence-electron chi connectivity index (χ2n) is 7.33. The zero-order valence-electron chi connectivity index (χ0n) is 17.2. The van der Waals surface area contributed by atoms with Crippen LogP contribution >= 0.6 is 11.6 Å². The van der Waals surface area contributed by atoms with Gasteiger partial charge in [-0.05, 0) is 43.2 Å². The van der Waals surface area contributed by atoms with Crippen LogP contribution in [0.1, 0.15) is 40.6 Å². The molecule has 2 aromatic rings. The van der Waals surface area contributed by atoms with Gasteiger partial charge < -0.3 is 19.5 Å². The van der Waals surface area contributed by atoms with E-state index in [0.717, 1.165) is 5.56 Å². The number of carbonyl (C=O) groups is 3. The second kappa shape index (κ2) is 8.11. The average Bonchev–Trinajstić information content (AvgIpc) is 3.29. The molecule has 0 saturated carbocycles. The lowest BCUT2D eigenvalue weighted by Gasteiger charge is -2.29. The number of anilines is 1. The topological polar surface area (TPSA) is 94.2 Å². The van der Waals surface area contributed by atoms with Crippen LogP contribution < -0.4 is 14.8 Å². The van der Waals surface area contributed by atoms with Gasteiger partial charge in [0.1, 0.15) is 11.6 Å². The molecule has 0 spiro atoms. The van der Waals surface area contributed by atoms with Crippen molar-refractivity contribution >= 4 is 35.1 Å². The zero-order valence-corrected chi connectivity index (χ0v) is 18.0. The van der Waals surface area contributed by atoms with Crippen LogP contribution in [0, 0.1) is 6.92 Å². The molecule has 0 aliphatic carbocycles. The van der Waals surface area contributed by atoms with Crippen LogP contribution in [0.2, 0.25) is 5.02 Å². The Hall–Kier alpha value is -3.26. The molecule has 2 aliphatic heterocycles. The number of ether oxygens (including phenoxy) is 3. The lowest BCUT2D eigenvalue weighted by molar-refractivity contribution is -0.144. The van der Waals surface area contributed by atoms with Gasteiger partial charge in [-0.15, -0.1) is 0 Å². The number of nitrogens with zero attached hydrogens (tertiary/aromatic N) is 1. The fourth-order valence-electron chi connectivity index (χ4n) is 3.99. The summed E-state index contributed by atoms with van der Waals surface area (Å²) in [4.78, 5) is 39.7. The molecule has 0 radical (unpaired) electrons. The van der Waals surface area contributed by atoms with Gasteiger partial charge in [0.25, 0.3) is 0 Å². The predicted octanol–water partition coefficient (Wildman–Crippen LogP) is 3.46. The standard InChI is InChI=1S/C22H21ClN2O6/c1-11-4-5-12(23)10-14(11)24-20(27)15-7-9-17(26)25(15)21-13-6-8-16(29-2)19(30-3)18(13)22(28)31-21/h4-6,8,10,15,21H,7,9H2,1-3H3,(H,24,27)/t15-,21?/m0/s1. The summed E-state index contributed by atoms with van der Waals surface area (Å²) in [6.45, 7) is 1.85. The fraction of sp³-hybridized carbons (Fsp3) is 0.318. The Morgan fingerprint density at radius 2 is 1.97 bits per heavy atom. The number of methoxy groups -OCH3 is 2. The van der Waals surface area contributed by atoms with E-state index in [1.54, 1.807) is 30.3 Å². The number of hydrogen-bond donors (Lipinski definition) is 1. The van der Waals surface area contributed by atoms with Gasteiger partial charge >= 0.3 is 5.97 Å². The fourth-order valence-corrected chi connectivity index (χ4v) is 4.16. The molecule has 9 heteroatoms. The van der Waals surface area contributed by atoms with E-state index >= 15 is 0 Å². The van der Waals surface area contributed by atoms with Gasteiger partial charge in [-0.3, -0.25) is 14.5 Å². The SMILES string of the molecule is COc1ccc2c(c1OC)C(=O)OC2N1C(=O)CC[C@H]1C(=O)Nc1cc(Cl)ccc1C. The monoisotopic (exact) mass is 444 g/mol. The molecule has 0 aromatic heterocycles. The molecule has 1 saturated heterocycles. The molecule has 0 bridgehead atoms. The number of esters is 1. The maximum Gasteiger partial charge on any atom is 0.344 e. The summed E-state index contributed by atoms with van der Waals surface area (Å²) in [5, 5.41) is 3.33. The van der Waals surface area contributed by atoms with Crippen molar-refractivity contribution < 1.29 is 28.6 Å². The molecule has 1 fully saturated rings. The summed E-state index contributed by atoms with van der Waals surface area (Å²) in [7, 11) is 2.88. The number of carbonyl (C=O) groups excluding carboxylic acids is 3. The number of cyclic esters (lactones) is 1. The lowest BCUT2D eigenvalue weighted by Crippen LogP contribution is -2.44. The molecule has 31 heavy (non-hydrogen) atoms. The molecular formula is C22H21ClN2O6. The minimum Gasteiger partial charge on any atom is -0.493 e. The molecule has 1 unspecified atom stereocenters. The minimum atomic E-state index is -1.02. The number of hydrogen-bond acceptors (Lipinski definition) is 6. The van der Waals surface area contributed by atoms with E-state index in [1.807, 2.05) is 6.92 Å². The van der Waals surface area contributed by atoms with Gasteiger partial charge in [-0.25, -0.2) is 4.79 Å². The summed E-state index contributed by atoms with van der Waals surface area (Å²) < 4.78 is 16.1. The van der Waals surface area contributed by atoms with E-state index in [1.165, 1.54) is 19.1 Å². The van der Waals surface area contributed by atoms with Gasteiger partial charge in [-0.2, -0.15) is 0 Å². The summed E-state index contributed by atoms with van der Waals surface area (Å²) in [6, 6.07) is 7.66. The molecular weight excluding hydrogens is 424 g/mol. The molecule has 2 heterocycles. The Labute approximate surface area is 184 Å². The van der Waals surface area contributed by atoms with E-state index in [9.17, 15) is 14.4 Å². The third-order valence-electron chi connectivity index (χ3n) is 5.53. The Morgan fingerprint density at radius 3 is 2.68 bits per heavy atom. The smallest absolute Gasteiger partial charge is 0.344 e. The predicted molar refractivity (Wildman–Crippen MR) is 112 cm³/mol. The largest absolute Gasteiger partial charge is 0.493 e. The van der Waals surface area contributed by atoms with Crippen LogP contribution in [-0.2, 0) is 14.3 Å². The first kappa shape index (κ1) is 21.0. The first-order valence-corrected chi connectivity index (χ1v) is 10.1. The third kappa shape index (κ3) is 3.57. The second-order valence-corrected chi connectivity index (χ2v) is 7.76. The number of likely N-dealkylation sites (tertiary alicyclic amines) is 1. The van der Waals surface area contributed by atoms with Crippen LogP contribution in [0.3, 0.4) is 0 Å². The first-order valence-electron chi connectivity index (χ1n) is 9.69. The summed E-state index contributed by atoms with van der Waals surface area (Å²) >= 11 is 6.05. The van der Waals surface area contributed by atoms with Crippen molar-refractivity contribution in [2.24, 2.45) is 0 Å². The summed E-state index contributed by atoms with van der Waals surface area (Å²) in [5.74, 6) is -0.683. The highest BCUT2D eigenvalue weighted by Crippen LogP contribution is 2.45. The Kier molecular flexibility index (Phi) is 5.49. The van der Waals surface area contributed by atoms with E-state index in [4.69, 9.17) is 25.8 Å². The molecule has 8 nitrogen and oxygen atoms in total. The quantitative estimate of drug-likeness (QED) is 0.710. The van der Waals surface area contributed by atoms with E-state index in [2.05, 4.69) is 5.32 Å². The maximum absolute atomic E-state index is 13.1. The van der Waals surface area contributed by atoms with E-state index in [-0.39, 0.29) is 29.5 Å². The summed E-state index contributed by atoms with van der Waals surface area (Å²) in [5.41, 5.74) is 2.04. The number of nitrogens with one attached hydrogen (secondary N) is 1. The van der Waals surface area contributed by atoms with Crippen molar-refractivity contribution in [3.8, 4) is 11.5 Å². The zero-order chi connectivity index (χ0) is 22.3. The number of halogens is 1.